The fraction of sp³-hybridized carbons (Fsp3) is 0.385. The summed E-state index contributed by atoms with van der Waals surface area (Å²) in [5, 5.41) is 8.47. The molecule has 5 heteroatoms. The Kier molecular flexibility index (Phi) is 5.00. The third-order valence-electron chi connectivity index (χ3n) is 2.57. The Morgan fingerprint density at radius 3 is 2.67 bits per heavy atom. The molecule has 0 radical (unpaired) electrons. The SMILES string of the molecule is COc1ccc(N(C)C(=O)CCC#N)c(OC)c1. The highest BCUT2D eigenvalue weighted by Gasteiger charge is 2.15. The minimum absolute atomic E-state index is 0.125. The second kappa shape index (κ2) is 6.50. The molecule has 5 nitrogen and oxygen atoms in total. The van der Waals surface area contributed by atoms with Crippen molar-refractivity contribution in [3.05, 3.63) is 18.2 Å². The maximum Gasteiger partial charge on any atom is 0.227 e. The van der Waals surface area contributed by atoms with Crippen molar-refractivity contribution < 1.29 is 14.3 Å². The smallest absolute Gasteiger partial charge is 0.227 e. The van der Waals surface area contributed by atoms with Gasteiger partial charge >= 0.3 is 0 Å². The number of rotatable bonds is 5. The van der Waals surface area contributed by atoms with Gasteiger partial charge in [-0.3, -0.25) is 4.79 Å². The second-order valence-corrected chi connectivity index (χ2v) is 3.65. The van der Waals surface area contributed by atoms with E-state index in [1.54, 1.807) is 32.4 Å². The van der Waals surface area contributed by atoms with Crippen LogP contribution in [0.5, 0.6) is 11.5 Å². The molecule has 96 valence electrons. The number of ether oxygens (including phenoxy) is 2. The Morgan fingerprint density at radius 1 is 1.39 bits per heavy atom. The van der Waals surface area contributed by atoms with Gasteiger partial charge in [-0.25, -0.2) is 0 Å². The number of carbonyl (C=O) groups is 1. The van der Waals surface area contributed by atoms with E-state index in [0.717, 1.165) is 0 Å². The van der Waals surface area contributed by atoms with Gasteiger partial charge in [-0.05, 0) is 12.1 Å². The van der Waals surface area contributed by atoms with Crippen molar-refractivity contribution in [3.63, 3.8) is 0 Å². The van der Waals surface area contributed by atoms with E-state index in [0.29, 0.717) is 17.2 Å². The second-order valence-electron chi connectivity index (χ2n) is 3.65. The molecule has 0 fully saturated rings. The van der Waals surface area contributed by atoms with Crippen molar-refractivity contribution in [1.29, 1.82) is 5.26 Å². The van der Waals surface area contributed by atoms with Crippen LogP contribution in [0, 0.1) is 11.3 Å². The van der Waals surface area contributed by atoms with E-state index in [-0.39, 0.29) is 18.7 Å². The summed E-state index contributed by atoms with van der Waals surface area (Å²) in [6, 6.07) is 7.17. The fourth-order valence-electron chi connectivity index (χ4n) is 1.53. The molecule has 0 spiro atoms. The normalized spacial score (nSPS) is 9.44. The molecule has 0 aliphatic rings. The fourth-order valence-corrected chi connectivity index (χ4v) is 1.53. The Bertz CT molecular complexity index is 466. The van der Waals surface area contributed by atoms with Gasteiger partial charge in [0.25, 0.3) is 0 Å². The number of carbonyl (C=O) groups excluding carboxylic acids is 1. The highest BCUT2D eigenvalue weighted by Crippen LogP contribution is 2.31. The lowest BCUT2D eigenvalue weighted by molar-refractivity contribution is -0.118. The predicted molar refractivity (Wildman–Crippen MR) is 67.8 cm³/mol. The van der Waals surface area contributed by atoms with Crippen LogP contribution in [0.4, 0.5) is 5.69 Å². The molecule has 1 aromatic carbocycles. The summed E-state index contributed by atoms with van der Waals surface area (Å²) >= 11 is 0. The first kappa shape index (κ1) is 13.8. The molecule has 0 bridgehead atoms. The summed E-state index contributed by atoms with van der Waals surface area (Å²) in [5.41, 5.74) is 0.654. The molecular weight excluding hydrogens is 232 g/mol. The number of benzene rings is 1. The Balaban J connectivity index is 2.94. The molecule has 0 heterocycles. The first-order valence-electron chi connectivity index (χ1n) is 5.49. The van der Waals surface area contributed by atoms with Crippen LogP contribution < -0.4 is 14.4 Å². The quantitative estimate of drug-likeness (QED) is 0.799. The molecule has 1 aromatic rings. The molecule has 0 unspecified atom stereocenters. The Labute approximate surface area is 107 Å². The molecule has 1 rings (SSSR count). The van der Waals surface area contributed by atoms with Crippen molar-refractivity contribution in [2.24, 2.45) is 0 Å². The van der Waals surface area contributed by atoms with Crippen LogP contribution in [-0.2, 0) is 4.79 Å². The predicted octanol–water partition coefficient (Wildman–Crippen LogP) is 1.97. The van der Waals surface area contributed by atoms with Gasteiger partial charge < -0.3 is 14.4 Å². The zero-order valence-corrected chi connectivity index (χ0v) is 10.8. The largest absolute Gasteiger partial charge is 0.497 e. The van der Waals surface area contributed by atoms with Gasteiger partial charge in [0.1, 0.15) is 11.5 Å². The molecule has 0 N–H and O–H groups in total. The van der Waals surface area contributed by atoms with Crippen molar-refractivity contribution in [2.45, 2.75) is 12.8 Å². The summed E-state index contributed by atoms with van der Waals surface area (Å²) in [5.74, 6) is 1.09. The topological polar surface area (TPSA) is 62.6 Å². The molecule has 18 heavy (non-hydrogen) atoms. The standard InChI is InChI=1S/C13H16N2O3/c1-15(13(16)5-4-8-14)11-7-6-10(17-2)9-12(11)18-3/h6-7,9H,4-5H2,1-3H3. The van der Waals surface area contributed by atoms with Gasteiger partial charge in [-0.1, -0.05) is 0 Å². The molecule has 0 aliphatic heterocycles. The highest BCUT2D eigenvalue weighted by molar-refractivity contribution is 5.94. The van der Waals surface area contributed by atoms with E-state index in [1.807, 2.05) is 6.07 Å². The van der Waals surface area contributed by atoms with Crippen LogP contribution in [0.1, 0.15) is 12.8 Å². The van der Waals surface area contributed by atoms with E-state index in [4.69, 9.17) is 14.7 Å². The lowest BCUT2D eigenvalue weighted by atomic mass is 10.2. The van der Waals surface area contributed by atoms with E-state index >= 15 is 0 Å². The van der Waals surface area contributed by atoms with Gasteiger partial charge in [0.15, 0.2) is 0 Å². The van der Waals surface area contributed by atoms with Gasteiger partial charge in [0.05, 0.1) is 26.0 Å². The van der Waals surface area contributed by atoms with Crippen LogP contribution in [-0.4, -0.2) is 27.2 Å². The van der Waals surface area contributed by atoms with Gasteiger partial charge in [-0.15, -0.1) is 0 Å². The minimum atomic E-state index is -0.125. The number of methoxy groups -OCH3 is 2. The number of anilines is 1. The summed E-state index contributed by atoms with van der Waals surface area (Å²) in [6.45, 7) is 0. The molecule has 0 saturated carbocycles. The molecule has 1 amide bonds. The third kappa shape index (κ3) is 3.14. The van der Waals surface area contributed by atoms with Crippen molar-refractivity contribution in [3.8, 4) is 17.6 Å². The number of nitrogens with zero attached hydrogens (tertiary/aromatic N) is 2. The molecule has 0 aliphatic carbocycles. The molecular formula is C13H16N2O3. The maximum atomic E-state index is 11.8. The average Bonchev–Trinajstić information content (AvgIpc) is 2.43. The first-order valence-corrected chi connectivity index (χ1v) is 5.49. The number of nitriles is 1. The van der Waals surface area contributed by atoms with Gasteiger partial charge in [0.2, 0.25) is 5.91 Å². The summed E-state index contributed by atoms with van der Waals surface area (Å²) in [4.78, 5) is 13.3. The highest BCUT2D eigenvalue weighted by atomic mass is 16.5. The monoisotopic (exact) mass is 248 g/mol. The van der Waals surface area contributed by atoms with Crippen LogP contribution in [0.2, 0.25) is 0 Å². The zero-order chi connectivity index (χ0) is 13.5. The van der Waals surface area contributed by atoms with Crippen molar-refractivity contribution in [2.75, 3.05) is 26.2 Å². The van der Waals surface area contributed by atoms with Crippen LogP contribution in [0.15, 0.2) is 18.2 Å². The molecule has 0 atom stereocenters. The number of hydrogen-bond acceptors (Lipinski definition) is 4. The average molecular weight is 248 g/mol. The summed E-state index contributed by atoms with van der Waals surface area (Å²) in [6.07, 6.45) is 0.407. The number of hydrogen-bond donors (Lipinski definition) is 0. The van der Waals surface area contributed by atoms with E-state index in [1.165, 1.54) is 12.0 Å². The molecule has 0 aromatic heterocycles. The summed E-state index contributed by atoms with van der Waals surface area (Å²) in [7, 11) is 4.76. The summed E-state index contributed by atoms with van der Waals surface area (Å²) < 4.78 is 10.3. The molecule has 0 saturated heterocycles. The minimum Gasteiger partial charge on any atom is -0.497 e. The van der Waals surface area contributed by atoms with Crippen molar-refractivity contribution in [1.82, 2.24) is 0 Å². The van der Waals surface area contributed by atoms with Crippen LogP contribution in [0.25, 0.3) is 0 Å². The first-order chi connectivity index (χ1) is 8.63. The van der Waals surface area contributed by atoms with Crippen LogP contribution >= 0.6 is 0 Å². The van der Waals surface area contributed by atoms with Gasteiger partial charge in [-0.2, -0.15) is 5.26 Å². The van der Waals surface area contributed by atoms with E-state index in [9.17, 15) is 4.79 Å². The third-order valence-corrected chi connectivity index (χ3v) is 2.57. The lowest BCUT2D eigenvalue weighted by Crippen LogP contribution is -2.26. The van der Waals surface area contributed by atoms with Gasteiger partial charge in [0, 0.05) is 26.0 Å². The van der Waals surface area contributed by atoms with Crippen molar-refractivity contribution >= 4 is 11.6 Å². The Hall–Kier alpha value is -2.22. The van der Waals surface area contributed by atoms with Crippen LogP contribution in [0.3, 0.4) is 0 Å². The zero-order valence-electron chi connectivity index (χ0n) is 10.8. The number of amides is 1. The Morgan fingerprint density at radius 2 is 2.11 bits per heavy atom. The lowest BCUT2D eigenvalue weighted by Gasteiger charge is -2.20. The van der Waals surface area contributed by atoms with E-state index in [2.05, 4.69) is 0 Å². The van der Waals surface area contributed by atoms with E-state index < -0.39 is 0 Å². The maximum absolute atomic E-state index is 11.8.